The zero-order chi connectivity index (χ0) is 16.6. The molecule has 0 bridgehead atoms. The summed E-state index contributed by atoms with van der Waals surface area (Å²) in [7, 11) is 0. The number of rotatable bonds is 0. The Kier molecular flexibility index (Phi) is 3.35. The molecule has 0 amide bonds. The Labute approximate surface area is 153 Å². The fraction of sp³-hybridized carbons (Fsp3) is 0. The van der Waals surface area contributed by atoms with Crippen molar-refractivity contribution in [1.29, 1.82) is 0 Å². The smallest absolute Gasteiger partial charge is 0.266 e. The second-order valence-electron chi connectivity index (χ2n) is 4.84. The lowest BCUT2D eigenvalue weighted by molar-refractivity contribution is 0.0973. The number of imidazole rings is 1. The van der Waals surface area contributed by atoms with Crippen molar-refractivity contribution in [1.82, 2.24) is 9.55 Å². The van der Waals surface area contributed by atoms with Gasteiger partial charge in [-0.1, -0.05) is 58.0 Å². The van der Waals surface area contributed by atoms with Gasteiger partial charge in [-0.05, 0) is 6.07 Å². The molecule has 0 aliphatic carbocycles. The number of hydrogen-bond donors (Lipinski definition) is 0. The van der Waals surface area contributed by atoms with E-state index in [0.717, 1.165) is 6.07 Å². The van der Waals surface area contributed by atoms with E-state index >= 15 is 0 Å². The van der Waals surface area contributed by atoms with Gasteiger partial charge in [0, 0.05) is 6.07 Å². The Bertz CT molecular complexity index is 1060. The van der Waals surface area contributed by atoms with E-state index in [4.69, 9.17) is 58.0 Å². The Morgan fingerprint density at radius 1 is 0.913 bits per heavy atom. The number of fused-ring (bicyclic) bond motifs is 5. The van der Waals surface area contributed by atoms with Crippen LogP contribution in [0, 0.1) is 5.82 Å². The molecule has 1 aliphatic heterocycles. The maximum absolute atomic E-state index is 13.6. The minimum Gasteiger partial charge on any atom is -0.268 e. The van der Waals surface area contributed by atoms with Gasteiger partial charge >= 0.3 is 0 Å². The fourth-order valence-corrected chi connectivity index (χ4v) is 3.78. The van der Waals surface area contributed by atoms with E-state index in [1.165, 1.54) is 10.6 Å². The second-order valence-corrected chi connectivity index (χ2v) is 6.76. The van der Waals surface area contributed by atoms with E-state index in [1.54, 1.807) is 0 Å². The lowest BCUT2D eigenvalue weighted by atomic mass is 10.1. The van der Waals surface area contributed by atoms with Crippen molar-refractivity contribution in [2.75, 3.05) is 0 Å². The van der Waals surface area contributed by atoms with Gasteiger partial charge < -0.3 is 0 Å². The monoisotopic (exact) mass is 408 g/mol. The van der Waals surface area contributed by atoms with E-state index in [2.05, 4.69) is 4.98 Å². The highest BCUT2D eigenvalue weighted by atomic mass is 35.5. The first kappa shape index (κ1) is 15.5. The fourth-order valence-electron chi connectivity index (χ4n) is 2.60. The summed E-state index contributed by atoms with van der Waals surface area (Å²) < 4.78 is 14.9. The van der Waals surface area contributed by atoms with Gasteiger partial charge in [0.05, 0.1) is 47.3 Å². The van der Waals surface area contributed by atoms with Crippen LogP contribution in [0.25, 0.3) is 22.4 Å². The second kappa shape index (κ2) is 4.98. The number of benzene rings is 2. The molecule has 0 saturated carbocycles. The lowest BCUT2D eigenvalue weighted by Gasteiger charge is -2.08. The van der Waals surface area contributed by atoms with Crippen molar-refractivity contribution in [2.45, 2.75) is 0 Å². The molecule has 0 radical (unpaired) electrons. The molecule has 3 aromatic rings. The maximum atomic E-state index is 13.6. The molecule has 9 heteroatoms. The average molecular weight is 410 g/mol. The van der Waals surface area contributed by atoms with E-state index in [0.29, 0.717) is 5.52 Å². The topological polar surface area (TPSA) is 34.9 Å². The van der Waals surface area contributed by atoms with Crippen LogP contribution in [-0.2, 0) is 0 Å². The van der Waals surface area contributed by atoms with Crippen LogP contribution in [0.1, 0.15) is 10.4 Å². The summed E-state index contributed by atoms with van der Waals surface area (Å²) in [5.74, 6) is -0.903. The van der Waals surface area contributed by atoms with Gasteiger partial charge in [0.15, 0.2) is 5.82 Å². The van der Waals surface area contributed by atoms with Crippen LogP contribution in [0.3, 0.4) is 0 Å². The summed E-state index contributed by atoms with van der Waals surface area (Å²) >= 11 is 30.2. The number of aromatic nitrogens is 2. The predicted molar refractivity (Wildman–Crippen MR) is 89.9 cm³/mol. The van der Waals surface area contributed by atoms with E-state index in [-0.39, 0.29) is 47.6 Å². The van der Waals surface area contributed by atoms with E-state index < -0.39 is 11.7 Å². The molecule has 0 fully saturated rings. The number of carbonyl (C=O) groups excluding carboxylic acids is 1. The highest BCUT2D eigenvalue weighted by molar-refractivity contribution is 6.54. The van der Waals surface area contributed by atoms with Crippen molar-refractivity contribution in [2.24, 2.45) is 0 Å². The van der Waals surface area contributed by atoms with Crippen molar-refractivity contribution >= 4 is 74.9 Å². The predicted octanol–water partition coefficient (Wildman–Crippen LogP) is 6.11. The number of carbonyl (C=O) groups is 1. The Hall–Kier alpha value is -1.04. The minimum atomic E-state index is -0.637. The Morgan fingerprint density at radius 3 is 2.17 bits per heavy atom. The molecule has 1 aromatic heterocycles. The number of hydrogen-bond acceptors (Lipinski definition) is 2. The summed E-state index contributed by atoms with van der Waals surface area (Å²) in [5.41, 5.74) is 0.978. The van der Waals surface area contributed by atoms with Gasteiger partial charge in [0.25, 0.3) is 5.91 Å². The van der Waals surface area contributed by atoms with Crippen LogP contribution in [-0.4, -0.2) is 15.5 Å². The molecule has 4 rings (SSSR count). The third kappa shape index (κ3) is 1.90. The molecule has 0 spiro atoms. The normalized spacial score (nSPS) is 12.9. The summed E-state index contributed by atoms with van der Waals surface area (Å²) in [5, 5.41) is -0.0608. The van der Waals surface area contributed by atoms with E-state index in [9.17, 15) is 9.18 Å². The molecule has 116 valence electrons. The molecular weight excluding hydrogens is 408 g/mol. The molecule has 0 atom stereocenters. The van der Waals surface area contributed by atoms with Crippen LogP contribution in [0.15, 0.2) is 12.1 Å². The van der Waals surface area contributed by atoms with Gasteiger partial charge in [-0.2, -0.15) is 0 Å². The largest absolute Gasteiger partial charge is 0.268 e. The summed E-state index contributed by atoms with van der Waals surface area (Å²) in [6.07, 6.45) is 0. The van der Waals surface area contributed by atoms with Crippen molar-refractivity contribution < 1.29 is 9.18 Å². The van der Waals surface area contributed by atoms with Gasteiger partial charge in [-0.3, -0.25) is 9.36 Å². The number of nitrogens with zero attached hydrogens (tertiary/aromatic N) is 2. The third-order valence-corrected chi connectivity index (χ3v) is 5.70. The number of halogens is 6. The van der Waals surface area contributed by atoms with Crippen LogP contribution >= 0.6 is 58.0 Å². The highest BCUT2D eigenvalue weighted by Gasteiger charge is 2.37. The first-order chi connectivity index (χ1) is 10.8. The van der Waals surface area contributed by atoms with Crippen molar-refractivity contribution in [3.63, 3.8) is 0 Å². The molecule has 2 aromatic carbocycles. The SMILES string of the molecule is O=C1c2c(Cl)c(Cl)c(Cl)c(Cl)c2-c2nc3cc(F)c(Cl)cc3n21. The van der Waals surface area contributed by atoms with Gasteiger partial charge in [0.1, 0.15) is 5.82 Å². The third-order valence-electron chi connectivity index (χ3n) is 3.60. The molecular formula is C14H2Cl5FN2O. The summed E-state index contributed by atoms with van der Waals surface area (Å²) in [6, 6.07) is 2.46. The Balaban J connectivity index is 2.18. The maximum Gasteiger partial charge on any atom is 0.266 e. The first-order valence-electron chi connectivity index (χ1n) is 6.11. The standard InChI is InChI=1S/C14H2Cl5FN2O/c15-3-1-6-5(2-4(3)20)21-13-7-8(14(23)22(6)13)10(17)12(19)11(18)9(7)16/h1-2H. The molecule has 2 heterocycles. The van der Waals surface area contributed by atoms with Crippen LogP contribution in [0.2, 0.25) is 25.1 Å². The summed E-state index contributed by atoms with van der Waals surface area (Å²) in [6.45, 7) is 0. The quantitative estimate of drug-likeness (QED) is 0.259. The molecule has 0 unspecified atom stereocenters. The van der Waals surface area contributed by atoms with Crippen LogP contribution < -0.4 is 0 Å². The molecule has 23 heavy (non-hydrogen) atoms. The van der Waals surface area contributed by atoms with Gasteiger partial charge in [0.2, 0.25) is 0 Å². The first-order valence-corrected chi connectivity index (χ1v) is 8.00. The van der Waals surface area contributed by atoms with Gasteiger partial charge in [-0.15, -0.1) is 0 Å². The Morgan fingerprint density at radius 2 is 1.52 bits per heavy atom. The van der Waals surface area contributed by atoms with Crippen LogP contribution in [0.4, 0.5) is 4.39 Å². The zero-order valence-electron chi connectivity index (χ0n) is 10.7. The average Bonchev–Trinajstić information content (AvgIpc) is 2.99. The highest BCUT2D eigenvalue weighted by Crippen LogP contribution is 2.49. The molecule has 0 saturated heterocycles. The molecule has 3 nitrogen and oxygen atoms in total. The van der Waals surface area contributed by atoms with Crippen LogP contribution in [0.5, 0.6) is 0 Å². The van der Waals surface area contributed by atoms with Crippen molar-refractivity contribution in [3.05, 3.63) is 48.6 Å². The van der Waals surface area contributed by atoms with Crippen molar-refractivity contribution in [3.8, 4) is 11.4 Å². The summed E-state index contributed by atoms with van der Waals surface area (Å²) in [4.78, 5) is 17.0. The molecule has 0 N–H and O–H groups in total. The van der Waals surface area contributed by atoms with Gasteiger partial charge in [-0.25, -0.2) is 9.37 Å². The zero-order valence-corrected chi connectivity index (χ0v) is 14.5. The molecule has 1 aliphatic rings. The minimum absolute atomic E-state index is 0.00655. The van der Waals surface area contributed by atoms with E-state index in [1.807, 2.05) is 0 Å². The lowest BCUT2D eigenvalue weighted by Crippen LogP contribution is -2.06.